The molecule has 0 aliphatic carbocycles. The Bertz CT molecular complexity index is 1950. The number of ketones is 2. The number of anilines is 1. The van der Waals surface area contributed by atoms with Gasteiger partial charge in [0.15, 0.2) is 0 Å². The van der Waals surface area contributed by atoms with Crippen LogP contribution in [0.25, 0.3) is 22.2 Å². The number of aliphatic carboxylic acids is 1. The van der Waals surface area contributed by atoms with Gasteiger partial charge in [0.1, 0.15) is 17.1 Å². The topological polar surface area (TPSA) is 130 Å². The standard InChI is InChI=1S/C22H16N2O3.C11H9NO3/c25-18-11-9-16(10-12-18)23-22(27)21(26)20-19(15-6-2-1-3-7-15)14-17-8-4-5-13-24(17)20;1-7-6-8-4-2-3-5-12(8)9(7)10(13)11(14)15/h1-14,25H,(H,23,27);2-6H,1H3,(H,14,15). The predicted octanol–water partition coefficient (Wildman–Crippen LogP) is 5.65. The van der Waals surface area contributed by atoms with Crippen molar-refractivity contribution in [3.8, 4) is 16.9 Å². The predicted molar refractivity (Wildman–Crippen MR) is 158 cm³/mol. The van der Waals surface area contributed by atoms with Gasteiger partial charge in [0.2, 0.25) is 0 Å². The summed E-state index contributed by atoms with van der Waals surface area (Å²) in [5.41, 5.74) is 4.86. The molecular formula is C33H25N3O6. The fourth-order valence-electron chi connectivity index (χ4n) is 4.68. The number of carboxylic acids is 1. The number of nitrogens with one attached hydrogen (secondary N) is 1. The first kappa shape index (κ1) is 27.6. The molecule has 3 N–H and O–H groups in total. The number of aromatic nitrogens is 2. The third-order valence-electron chi connectivity index (χ3n) is 6.59. The Morgan fingerprint density at radius 3 is 1.86 bits per heavy atom. The number of carbonyl (C=O) groups is 4. The van der Waals surface area contributed by atoms with Crippen molar-refractivity contribution < 1.29 is 29.4 Å². The largest absolute Gasteiger partial charge is 0.508 e. The third-order valence-corrected chi connectivity index (χ3v) is 6.59. The number of carboxylic acid groups (broad SMARTS) is 1. The summed E-state index contributed by atoms with van der Waals surface area (Å²) in [6.45, 7) is 1.73. The number of fused-ring (bicyclic) bond motifs is 2. The van der Waals surface area contributed by atoms with Gasteiger partial charge in [-0.2, -0.15) is 0 Å². The highest BCUT2D eigenvalue weighted by Gasteiger charge is 2.25. The van der Waals surface area contributed by atoms with Crippen molar-refractivity contribution in [2.75, 3.05) is 5.32 Å². The number of carbonyl (C=O) groups excluding carboxylic acids is 3. The highest BCUT2D eigenvalue weighted by molar-refractivity contribution is 6.47. The lowest BCUT2D eigenvalue weighted by Gasteiger charge is -2.08. The van der Waals surface area contributed by atoms with Gasteiger partial charge in [-0.1, -0.05) is 42.5 Å². The number of hydrogen-bond donors (Lipinski definition) is 3. The average molecular weight is 560 g/mol. The lowest BCUT2D eigenvalue weighted by atomic mass is 10.0. The summed E-state index contributed by atoms with van der Waals surface area (Å²) in [5.74, 6) is -3.58. The first-order chi connectivity index (χ1) is 20.2. The lowest BCUT2D eigenvalue weighted by Crippen LogP contribution is -2.24. The SMILES string of the molecule is Cc1cc2ccccn2c1C(=O)C(=O)O.O=C(Nc1ccc(O)cc1)C(=O)c1c(-c2ccccc2)cc2ccccn12. The van der Waals surface area contributed by atoms with E-state index in [1.807, 2.05) is 66.7 Å². The van der Waals surface area contributed by atoms with E-state index in [9.17, 15) is 24.3 Å². The zero-order valence-electron chi connectivity index (χ0n) is 22.4. The summed E-state index contributed by atoms with van der Waals surface area (Å²) in [6, 6.07) is 30.2. The Morgan fingerprint density at radius 2 is 1.24 bits per heavy atom. The molecule has 2 aromatic carbocycles. The van der Waals surface area contributed by atoms with E-state index in [4.69, 9.17) is 5.11 Å². The molecule has 4 heterocycles. The van der Waals surface area contributed by atoms with Gasteiger partial charge in [0.05, 0.1) is 0 Å². The fourth-order valence-corrected chi connectivity index (χ4v) is 4.68. The molecule has 0 aliphatic heterocycles. The van der Waals surface area contributed by atoms with Crippen molar-refractivity contribution in [1.82, 2.24) is 8.80 Å². The van der Waals surface area contributed by atoms with E-state index in [0.717, 1.165) is 16.6 Å². The van der Waals surface area contributed by atoms with Crippen molar-refractivity contribution in [3.05, 3.63) is 132 Å². The van der Waals surface area contributed by atoms with Gasteiger partial charge in [-0.15, -0.1) is 0 Å². The second kappa shape index (κ2) is 11.6. The summed E-state index contributed by atoms with van der Waals surface area (Å²) in [7, 11) is 0. The average Bonchev–Trinajstić information content (AvgIpc) is 3.55. The molecule has 0 bridgehead atoms. The summed E-state index contributed by atoms with van der Waals surface area (Å²) in [6.07, 6.45) is 3.45. The first-order valence-corrected chi connectivity index (χ1v) is 12.9. The molecule has 42 heavy (non-hydrogen) atoms. The second-order valence-electron chi connectivity index (χ2n) is 9.40. The summed E-state index contributed by atoms with van der Waals surface area (Å²) < 4.78 is 3.31. The van der Waals surface area contributed by atoms with Crippen LogP contribution in [0.1, 0.15) is 26.5 Å². The van der Waals surface area contributed by atoms with E-state index in [2.05, 4.69) is 5.32 Å². The maximum absolute atomic E-state index is 13.0. The molecule has 0 spiro atoms. The Kier molecular flexibility index (Phi) is 7.65. The number of phenols is 1. The summed E-state index contributed by atoms with van der Waals surface area (Å²) >= 11 is 0. The molecule has 0 aliphatic rings. The van der Waals surface area contributed by atoms with E-state index in [-0.39, 0.29) is 11.4 Å². The number of rotatable bonds is 6. The van der Waals surface area contributed by atoms with Crippen molar-refractivity contribution in [1.29, 1.82) is 0 Å². The normalized spacial score (nSPS) is 10.6. The van der Waals surface area contributed by atoms with Crippen LogP contribution in [0, 0.1) is 6.92 Å². The Labute approximate surface area is 239 Å². The van der Waals surface area contributed by atoms with Crippen LogP contribution in [0.3, 0.4) is 0 Å². The van der Waals surface area contributed by atoms with Crippen LogP contribution in [0.2, 0.25) is 0 Å². The number of Topliss-reactive ketones (excluding diaryl/α,β-unsaturated/α-hetero) is 2. The van der Waals surface area contributed by atoms with E-state index in [1.165, 1.54) is 24.3 Å². The number of pyridine rings is 2. The minimum absolute atomic E-state index is 0.0864. The molecule has 0 saturated heterocycles. The number of hydrogen-bond acceptors (Lipinski definition) is 5. The van der Waals surface area contributed by atoms with Crippen molar-refractivity contribution >= 4 is 40.2 Å². The zero-order chi connectivity index (χ0) is 29.8. The number of aromatic hydroxyl groups is 1. The molecular weight excluding hydrogens is 534 g/mol. The van der Waals surface area contributed by atoms with E-state index in [1.54, 1.807) is 40.3 Å². The molecule has 1 amide bonds. The molecule has 6 aromatic rings. The molecule has 9 heteroatoms. The van der Waals surface area contributed by atoms with Crippen LogP contribution in [0.5, 0.6) is 5.75 Å². The van der Waals surface area contributed by atoms with Crippen LogP contribution in [0.15, 0.2) is 116 Å². The number of amides is 1. The van der Waals surface area contributed by atoms with Crippen LogP contribution in [0.4, 0.5) is 5.69 Å². The molecule has 6 rings (SSSR count). The van der Waals surface area contributed by atoms with Gasteiger partial charge >= 0.3 is 5.97 Å². The Hall–Kier alpha value is -5.96. The molecule has 9 nitrogen and oxygen atoms in total. The van der Waals surface area contributed by atoms with Crippen LogP contribution >= 0.6 is 0 Å². The smallest absolute Gasteiger partial charge is 0.378 e. The van der Waals surface area contributed by atoms with Crippen molar-refractivity contribution in [2.45, 2.75) is 6.92 Å². The van der Waals surface area contributed by atoms with Crippen LogP contribution in [-0.2, 0) is 9.59 Å². The highest BCUT2D eigenvalue weighted by atomic mass is 16.4. The molecule has 0 saturated carbocycles. The summed E-state index contributed by atoms with van der Waals surface area (Å²) in [4.78, 5) is 47.6. The lowest BCUT2D eigenvalue weighted by molar-refractivity contribution is -0.131. The van der Waals surface area contributed by atoms with Gasteiger partial charge in [-0.3, -0.25) is 14.4 Å². The maximum Gasteiger partial charge on any atom is 0.378 e. The Morgan fingerprint density at radius 1 is 0.667 bits per heavy atom. The number of nitrogens with zero attached hydrogens (tertiary/aromatic N) is 2. The minimum atomic E-state index is -1.43. The van der Waals surface area contributed by atoms with Gasteiger partial charge in [0.25, 0.3) is 17.5 Å². The highest BCUT2D eigenvalue weighted by Crippen LogP contribution is 2.28. The maximum atomic E-state index is 13.0. The van der Waals surface area contributed by atoms with E-state index < -0.39 is 23.4 Å². The van der Waals surface area contributed by atoms with Gasteiger partial charge in [0, 0.05) is 34.7 Å². The third kappa shape index (κ3) is 5.52. The van der Waals surface area contributed by atoms with Gasteiger partial charge in [-0.25, -0.2) is 4.79 Å². The van der Waals surface area contributed by atoms with Crippen molar-refractivity contribution in [3.63, 3.8) is 0 Å². The first-order valence-electron chi connectivity index (χ1n) is 12.9. The van der Waals surface area contributed by atoms with Gasteiger partial charge < -0.3 is 24.3 Å². The number of aryl methyl sites for hydroxylation is 1. The fraction of sp³-hybridized carbons (Fsp3) is 0.0303. The number of benzene rings is 2. The molecule has 0 unspecified atom stereocenters. The van der Waals surface area contributed by atoms with Gasteiger partial charge in [-0.05, 0) is 78.7 Å². The van der Waals surface area contributed by atoms with Crippen LogP contribution < -0.4 is 5.32 Å². The van der Waals surface area contributed by atoms with E-state index in [0.29, 0.717) is 22.5 Å². The molecule has 0 radical (unpaired) electrons. The minimum Gasteiger partial charge on any atom is -0.508 e. The van der Waals surface area contributed by atoms with Crippen molar-refractivity contribution in [2.24, 2.45) is 0 Å². The summed E-state index contributed by atoms with van der Waals surface area (Å²) in [5, 5.41) is 20.6. The van der Waals surface area contributed by atoms with Crippen LogP contribution in [-0.4, -0.2) is 42.5 Å². The Balaban J connectivity index is 0.000000199. The molecule has 0 atom stereocenters. The van der Waals surface area contributed by atoms with E-state index >= 15 is 0 Å². The number of phenolic OH excluding ortho intramolecular Hbond substituents is 1. The monoisotopic (exact) mass is 559 g/mol. The molecule has 4 aromatic heterocycles. The second-order valence-corrected chi connectivity index (χ2v) is 9.40. The quantitative estimate of drug-likeness (QED) is 0.137. The zero-order valence-corrected chi connectivity index (χ0v) is 22.4. The molecule has 208 valence electrons. The molecule has 0 fully saturated rings.